The van der Waals surface area contributed by atoms with Gasteiger partial charge >= 0.3 is 0 Å². The van der Waals surface area contributed by atoms with E-state index in [1.807, 2.05) is 12.1 Å². The van der Waals surface area contributed by atoms with E-state index in [1.54, 1.807) is 0 Å². The molecule has 116 valence electrons. The minimum atomic E-state index is -0.0256. The number of amides is 1. The molecule has 0 unspecified atom stereocenters. The number of fused-ring (bicyclic) bond motifs is 1. The van der Waals surface area contributed by atoms with Crippen LogP contribution < -0.4 is 14.8 Å². The second-order valence-electron chi connectivity index (χ2n) is 5.51. The van der Waals surface area contributed by atoms with Gasteiger partial charge in [-0.3, -0.25) is 9.69 Å². The van der Waals surface area contributed by atoms with Gasteiger partial charge in [0.15, 0.2) is 11.5 Å². The summed E-state index contributed by atoms with van der Waals surface area (Å²) in [7, 11) is 0. The fourth-order valence-corrected chi connectivity index (χ4v) is 3.05. The molecule has 0 aliphatic carbocycles. The molecule has 2 heterocycles. The van der Waals surface area contributed by atoms with Crippen LogP contribution in [-0.2, 0) is 4.79 Å². The van der Waals surface area contributed by atoms with Crippen molar-refractivity contribution in [3.8, 4) is 23.8 Å². The van der Waals surface area contributed by atoms with Crippen molar-refractivity contribution in [3.63, 3.8) is 0 Å². The maximum atomic E-state index is 11.9. The molecule has 0 bridgehead atoms. The largest absolute Gasteiger partial charge is 0.486 e. The van der Waals surface area contributed by atoms with Crippen LogP contribution in [0.3, 0.4) is 0 Å². The number of hydrogen-bond acceptors (Lipinski definition) is 4. The molecule has 5 nitrogen and oxygen atoms in total. The Hall–Kier alpha value is -2.19. The standard InChI is InChI=1S/C17H20N2O3/c1-2-7-18-17(20)12-19-8-3-4-14(19)13-5-6-15-16(11-13)22-10-9-21-15/h1,5-6,11,14H,3-4,7-10,12H2,(H,18,20)/t14-/m0/s1. The van der Waals surface area contributed by atoms with Gasteiger partial charge < -0.3 is 14.8 Å². The number of terminal acetylenes is 1. The number of nitrogens with zero attached hydrogens (tertiary/aromatic N) is 1. The van der Waals surface area contributed by atoms with E-state index < -0.39 is 0 Å². The Morgan fingerprint density at radius 1 is 1.36 bits per heavy atom. The van der Waals surface area contributed by atoms with Gasteiger partial charge in [0.25, 0.3) is 0 Å². The van der Waals surface area contributed by atoms with E-state index in [4.69, 9.17) is 15.9 Å². The number of hydrogen-bond donors (Lipinski definition) is 1. The molecule has 0 spiro atoms. The van der Waals surface area contributed by atoms with Gasteiger partial charge in [-0.2, -0.15) is 0 Å². The molecule has 3 rings (SSSR count). The zero-order chi connectivity index (χ0) is 15.4. The Bertz CT molecular complexity index is 594. The number of ether oxygens (including phenoxy) is 2. The highest BCUT2D eigenvalue weighted by atomic mass is 16.6. The van der Waals surface area contributed by atoms with Crippen molar-refractivity contribution >= 4 is 5.91 Å². The molecule has 1 amide bonds. The van der Waals surface area contributed by atoms with Crippen LogP contribution in [0.5, 0.6) is 11.5 Å². The van der Waals surface area contributed by atoms with Crippen molar-refractivity contribution < 1.29 is 14.3 Å². The molecular formula is C17H20N2O3. The van der Waals surface area contributed by atoms with Crippen LogP contribution in [-0.4, -0.2) is 43.7 Å². The van der Waals surface area contributed by atoms with Crippen LogP contribution in [0.15, 0.2) is 18.2 Å². The maximum absolute atomic E-state index is 11.9. The van der Waals surface area contributed by atoms with Crippen LogP contribution in [0, 0.1) is 12.3 Å². The summed E-state index contributed by atoms with van der Waals surface area (Å²) in [6.07, 6.45) is 7.29. The van der Waals surface area contributed by atoms with E-state index in [2.05, 4.69) is 22.2 Å². The van der Waals surface area contributed by atoms with Gasteiger partial charge in [-0.15, -0.1) is 6.42 Å². The molecule has 1 saturated heterocycles. The predicted octanol–water partition coefficient (Wildman–Crippen LogP) is 1.34. The molecule has 1 N–H and O–H groups in total. The number of carbonyl (C=O) groups is 1. The molecular weight excluding hydrogens is 280 g/mol. The number of nitrogens with one attached hydrogen (secondary N) is 1. The van der Waals surface area contributed by atoms with Crippen molar-refractivity contribution in [2.75, 3.05) is 32.8 Å². The van der Waals surface area contributed by atoms with Gasteiger partial charge in [0.05, 0.1) is 13.1 Å². The van der Waals surface area contributed by atoms with Crippen LogP contribution in [0.25, 0.3) is 0 Å². The average Bonchev–Trinajstić information content (AvgIpc) is 3.00. The lowest BCUT2D eigenvalue weighted by Crippen LogP contribution is -2.37. The summed E-state index contributed by atoms with van der Waals surface area (Å²) >= 11 is 0. The van der Waals surface area contributed by atoms with Crippen molar-refractivity contribution in [1.29, 1.82) is 0 Å². The number of benzene rings is 1. The summed E-state index contributed by atoms with van der Waals surface area (Å²) in [5.41, 5.74) is 1.17. The molecule has 1 aromatic rings. The molecule has 0 radical (unpaired) electrons. The summed E-state index contributed by atoms with van der Waals surface area (Å²) in [6.45, 7) is 2.75. The third-order valence-corrected chi connectivity index (χ3v) is 4.05. The zero-order valence-electron chi connectivity index (χ0n) is 12.5. The van der Waals surface area contributed by atoms with Crippen molar-refractivity contribution in [2.45, 2.75) is 18.9 Å². The first kappa shape index (κ1) is 14.7. The molecule has 5 heteroatoms. The molecule has 2 aliphatic rings. The lowest BCUT2D eigenvalue weighted by molar-refractivity contribution is -0.122. The van der Waals surface area contributed by atoms with E-state index in [9.17, 15) is 4.79 Å². The minimum absolute atomic E-state index is 0.0256. The third-order valence-electron chi connectivity index (χ3n) is 4.05. The molecule has 1 atom stereocenters. The van der Waals surface area contributed by atoms with Crippen LogP contribution in [0.4, 0.5) is 0 Å². The summed E-state index contributed by atoms with van der Waals surface area (Å²) in [5.74, 6) is 3.99. The quantitative estimate of drug-likeness (QED) is 0.853. The predicted molar refractivity (Wildman–Crippen MR) is 82.8 cm³/mol. The number of rotatable bonds is 4. The Labute approximate surface area is 130 Å². The van der Waals surface area contributed by atoms with Crippen LogP contribution in [0.1, 0.15) is 24.4 Å². The third kappa shape index (κ3) is 3.18. The molecule has 22 heavy (non-hydrogen) atoms. The minimum Gasteiger partial charge on any atom is -0.486 e. The Kier molecular flexibility index (Phi) is 4.50. The number of likely N-dealkylation sites (tertiary alicyclic amines) is 1. The van der Waals surface area contributed by atoms with Crippen LogP contribution in [0.2, 0.25) is 0 Å². The Morgan fingerprint density at radius 2 is 2.18 bits per heavy atom. The Balaban J connectivity index is 1.70. The monoisotopic (exact) mass is 300 g/mol. The lowest BCUT2D eigenvalue weighted by Gasteiger charge is -2.26. The average molecular weight is 300 g/mol. The van der Waals surface area contributed by atoms with Crippen molar-refractivity contribution in [3.05, 3.63) is 23.8 Å². The van der Waals surface area contributed by atoms with Crippen molar-refractivity contribution in [2.24, 2.45) is 0 Å². The highest BCUT2D eigenvalue weighted by Gasteiger charge is 2.28. The van der Waals surface area contributed by atoms with E-state index in [1.165, 1.54) is 5.56 Å². The fraction of sp³-hybridized carbons (Fsp3) is 0.471. The topological polar surface area (TPSA) is 50.8 Å². The van der Waals surface area contributed by atoms with Gasteiger partial charge in [0.1, 0.15) is 13.2 Å². The molecule has 0 aromatic heterocycles. The normalized spacial score (nSPS) is 20.4. The molecule has 0 saturated carbocycles. The van der Waals surface area contributed by atoms with Crippen LogP contribution >= 0.6 is 0 Å². The van der Waals surface area contributed by atoms with E-state index in [-0.39, 0.29) is 18.5 Å². The summed E-state index contributed by atoms with van der Waals surface area (Å²) in [6, 6.07) is 6.30. The molecule has 1 aromatic carbocycles. The van der Waals surface area contributed by atoms with Gasteiger partial charge in [-0.1, -0.05) is 12.0 Å². The van der Waals surface area contributed by atoms with E-state index in [0.717, 1.165) is 30.9 Å². The summed E-state index contributed by atoms with van der Waals surface area (Å²) in [4.78, 5) is 14.1. The van der Waals surface area contributed by atoms with Crippen molar-refractivity contribution in [1.82, 2.24) is 10.2 Å². The highest BCUT2D eigenvalue weighted by molar-refractivity contribution is 5.78. The SMILES string of the molecule is C#CCNC(=O)CN1CCC[C@H]1c1ccc2c(c1)OCCO2. The zero-order valence-corrected chi connectivity index (χ0v) is 12.5. The first-order valence-corrected chi connectivity index (χ1v) is 7.61. The smallest absolute Gasteiger partial charge is 0.234 e. The summed E-state index contributed by atoms with van der Waals surface area (Å²) in [5, 5.41) is 2.72. The lowest BCUT2D eigenvalue weighted by atomic mass is 10.0. The maximum Gasteiger partial charge on any atom is 0.234 e. The summed E-state index contributed by atoms with van der Waals surface area (Å²) < 4.78 is 11.2. The van der Waals surface area contributed by atoms with E-state index >= 15 is 0 Å². The van der Waals surface area contributed by atoms with E-state index in [0.29, 0.717) is 19.8 Å². The Morgan fingerprint density at radius 3 is 3.00 bits per heavy atom. The van der Waals surface area contributed by atoms with Gasteiger partial charge in [0.2, 0.25) is 5.91 Å². The van der Waals surface area contributed by atoms with Gasteiger partial charge in [-0.25, -0.2) is 0 Å². The second kappa shape index (κ2) is 6.71. The molecule has 1 fully saturated rings. The first-order chi connectivity index (χ1) is 10.8. The fourth-order valence-electron chi connectivity index (χ4n) is 3.05. The highest BCUT2D eigenvalue weighted by Crippen LogP contribution is 2.37. The molecule has 2 aliphatic heterocycles. The van der Waals surface area contributed by atoms with Gasteiger partial charge in [0, 0.05) is 6.04 Å². The number of carbonyl (C=O) groups excluding carboxylic acids is 1. The van der Waals surface area contributed by atoms with Gasteiger partial charge in [-0.05, 0) is 37.1 Å². The first-order valence-electron chi connectivity index (χ1n) is 7.61. The second-order valence-corrected chi connectivity index (χ2v) is 5.51.